The highest BCUT2D eigenvalue weighted by Crippen LogP contribution is 2.13. The highest BCUT2D eigenvalue weighted by atomic mass is 32.1. The number of benzene rings is 2. The number of nitrogens with zero attached hydrogens (tertiary/aromatic N) is 2. The molecule has 0 saturated carbocycles. The maximum Gasteiger partial charge on any atom is 0.270 e. The Morgan fingerprint density at radius 2 is 1.71 bits per heavy atom. The lowest BCUT2D eigenvalue weighted by molar-refractivity contribution is -0.384. The summed E-state index contributed by atoms with van der Waals surface area (Å²) in [6, 6.07) is 12.0. The topological polar surface area (TPSA) is 117 Å². The first-order valence-corrected chi connectivity index (χ1v) is 10.2. The van der Waals surface area contributed by atoms with Crippen molar-refractivity contribution in [2.45, 2.75) is 13.8 Å². The number of rotatable bonds is 9. The number of thiocarbonyl (C=S) groups is 1. The lowest BCUT2D eigenvalue weighted by Gasteiger charge is -2.18. The third kappa shape index (κ3) is 7.43. The zero-order valence-electron chi connectivity index (χ0n) is 17.4. The van der Waals surface area contributed by atoms with Crippen LogP contribution < -0.4 is 16.0 Å². The number of amides is 2. The fraction of sp³-hybridized carbons (Fsp3) is 0.286. The normalized spacial score (nSPS) is 10.4. The molecule has 9 nitrogen and oxygen atoms in total. The molecule has 0 aromatic heterocycles. The Labute approximate surface area is 186 Å². The molecule has 0 aliphatic carbocycles. The molecule has 0 radical (unpaired) electrons. The van der Waals surface area contributed by atoms with E-state index in [4.69, 9.17) is 12.2 Å². The van der Waals surface area contributed by atoms with Crippen LogP contribution in [0.4, 0.5) is 11.4 Å². The molecule has 0 unspecified atom stereocenters. The third-order valence-corrected chi connectivity index (χ3v) is 4.76. The van der Waals surface area contributed by atoms with E-state index in [1.54, 1.807) is 24.3 Å². The minimum atomic E-state index is -0.575. The van der Waals surface area contributed by atoms with E-state index in [1.165, 1.54) is 24.3 Å². The Morgan fingerprint density at radius 3 is 2.32 bits per heavy atom. The first kappa shape index (κ1) is 23.9. The molecule has 2 rings (SSSR count). The Hall–Kier alpha value is -3.37. The number of likely N-dealkylation sites (N-methyl/N-ethyl adjacent to an activating group) is 1. The summed E-state index contributed by atoms with van der Waals surface area (Å²) in [6.45, 7) is 7.38. The van der Waals surface area contributed by atoms with Gasteiger partial charge in [0.05, 0.1) is 4.92 Å². The van der Waals surface area contributed by atoms with Gasteiger partial charge in [0.15, 0.2) is 5.11 Å². The van der Waals surface area contributed by atoms with E-state index in [2.05, 4.69) is 34.7 Å². The molecule has 0 aliphatic heterocycles. The molecule has 0 saturated heterocycles. The van der Waals surface area contributed by atoms with Crippen LogP contribution in [0.3, 0.4) is 0 Å². The molecule has 10 heteroatoms. The Balaban J connectivity index is 1.87. The van der Waals surface area contributed by atoms with E-state index in [1.807, 2.05) is 0 Å². The first-order chi connectivity index (χ1) is 14.8. The van der Waals surface area contributed by atoms with Gasteiger partial charge >= 0.3 is 0 Å². The number of hydrogen-bond acceptors (Lipinski definition) is 6. The molecule has 2 aromatic carbocycles. The Kier molecular flexibility index (Phi) is 9.04. The average Bonchev–Trinajstić information content (AvgIpc) is 2.77. The van der Waals surface area contributed by atoms with Gasteiger partial charge in [-0.25, -0.2) is 0 Å². The van der Waals surface area contributed by atoms with Gasteiger partial charge < -0.3 is 15.5 Å². The molecule has 0 aliphatic rings. The minimum absolute atomic E-state index is 0.0351. The number of non-ortho nitro benzene ring substituents is 1. The number of nitro groups is 1. The van der Waals surface area contributed by atoms with Gasteiger partial charge in [-0.15, -0.1) is 0 Å². The van der Waals surface area contributed by atoms with E-state index in [0.29, 0.717) is 17.8 Å². The molecule has 3 N–H and O–H groups in total. The summed E-state index contributed by atoms with van der Waals surface area (Å²) < 4.78 is 0. The van der Waals surface area contributed by atoms with Crippen molar-refractivity contribution >= 4 is 40.5 Å². The van der Waals surface area contributed by atoms with Crippen LogP contribution in [0.1, 0.15) is 34.6 Å². The smallest absolute Gasteiger partial charge is 0.270 e. The average molecular weight is 444 g/mol. The van der Waals surface area contributed by atoms with Gasteiger partial charge in [0.1, 0.15) is 0 Å². The molecule has 0 bridgehead atoms. The van der Waals surface area contributed by atoms with Crippen LogP contribution in [-0.4, -0.2) is 52.9 Å². The molecule has 0 heterocycles. The Morgan fingerprint density at radius 1 is 1.03 bits per heavy atom. The number of hydrogen-bond donors (Lipinski definition) is 3. The fourth-order valence-electron chi connectivity index (χ4n) is 2.77. The number of carbonyl (C=O) groups excluding carboxylic acids is 2. The van der Waals surface area contributed by atoms with E-state index in [9.17, 15) is 19.7 Å². The van der Waals surface area contributed by atoms with Gasteiger partial charge in [0.2, 0.25) is 0 Å². The summed E-state index contributed by atoms with van der Waals surface area (Å²) in [7, 11) is 0. The molecule has 2 aromatic rings. The quantitative estimate of drug-likeness (QED) is 0.310. The lowest BCUT2D eigenvalue weighted by atomic mass is 10.2. The van der Waals surface area contributed by atoms with E-state index < -0.39 is 10.8 Å². The second-order valence-corrected chi connectivity index (χ2v) is 6.98. The molecule has 0 spiro atoms. The second kappa shape index (κ2) is 11.7. The number of carbonyl (C=O) groups is 2. The summed E-state index contributed by atoms with van der Waals surface area (Å²) in [5.41, 5.74) is 1.04. The highest BCUT2D eigenvalue weighted by molar-refractivity contribution is 7.80. The summed E-state index contributed by atoms with van der Waals surface area (Å²) in [5.74, 6) is -0.731. The van der Waals surface area contributed by atoms with Gasteiger partial charge in [0.25, 0.3) is 17.5 Å². The van der Waals surface area contributed by atoms with Crippen molar-refractivity contribution in [3.8, 4) is 0 Å². The first-order valence-electron chi connectivity index (χ1n) is 9.81. The standard InChI is InChI=1S/C21H25N5O4S/c1-3-25(4-2)13-12-22-19(27)15-8-10-17(11-9-15)23-21(31)24-20(28)16-6-5-7-18(14-16)26(29)30/h5-11,14H,3-4,12-13H2,1-2H3,(H,22,27)(H2,23,24,28,31). The summed E-state index contributed by atoms with van der Waals surface area (Å²) in [4.78, 5) is 37.0. The largest absolute Gasteiger partial charge is 0.351 e. The van der Waals surface area contributed by atoms with Gasteiger partial charge in [-0.2, -0.15) is 0 Å². The third-order valence-electron chi connectivity index (χ3n) is 4.56. The Bertz CT molecular complexity index is 945. The van der Waals surface area contributed by atoms with Crippen LogP contribution in [0.5, 0.6) is 0 Å². The van der Waals surface area contributed by atoms with E-state index in [0.717, 1.165) is 19.6 Å². The van der Waals surface area contributed by atoms with Crippen LogP contribution in [0.15, 0.2) is 48.5 Å². The molecule has 0 atom stereocenters. The summed E-state index contributed by atoms with van der Waals surface area (Å²) >= 11 is 5.12. The van der Waals surface area contributed by atoms with Crippen LogP contribution in [0.2, 0.25) is 0 Å². The predicted molar refractivity (Wildman–Crippen MR) is 123 cm³/mol. The van der Waals surface area contributed by atoms with Gasteiger partial charge in [-0.05, 0) is 55.6 Å². The zero-order valence-corrected chi connectivity index (χ0v) is 18.2. The van der Waals surface area contributed by atoms with Crippen LogP contribution in [0, 0.1) is 10.1 Å². The lowest BCUT2D eigenvalue weighted by Crippen LogP contribution is -2.35. The number of nitrogens with one attached hydrogen (secondary N) is 3. The summed E-state index contributed by atoms with van der Waals surface area (Å²) in [5, 5.41) is 19.1. The SMILES string of the molecule is CCN(CC)CCNC(=O)c1ccc(NC(=S)NC(=O)c2cccc([N+](=O)[O-])c2)cc1. The van der Waals surface area contributed by atoms with Crippen molar-refractivity contribution in [1.29, 1.82) is 0 Å². The molecule has 31 heavy (non-hydrogen) atoms. The van der Waals surface area contributed by atoms with Crippen molar-refractivity contribution in [3.63, 3.8) is 0 Å². The molecule has 2 amide bonds. The molecule has 164 valence electrons. The predicted octanol–water partition coefficient (Wildman–Crippen LogP) is 2.79. The van der Waals surface area contributed by atoms with Crippen LogP contribution in [0.25, 0.3) is 0 Å². The van der Waals surface area contributed by atoms with Crippen molar-refractivity contribution in [3.05, 3.63) is 69.8 Å². The van der Waals surface area contributed by atoms with Gasteiger partial charge in [-0.1, -0.05) is 19.9 Å². The highest BCUT2D eigenvalue weighted by Gasteiger charge is 2.13. The molecule has 0 fully saturated rings. The van der Waals surface area contributed by atoms with Crippen LogP contribution in [-0.2, 0) is 0 Å². The van der Waals surface area contributed by atoms with Crippen LogP contribution >= 0.6 is 12.2 Å². The zero-order chi connectivity index (χ0) is 22.8. The van der Waals surface area contributed by atoms with Crippen molar-refractivity contribution < 1.29 is 14.5 Å². The molecular formula is C21H25N5O4S. The van der Waals surface area contributed by atoms with Gasteiger partial charge in [-0.3, -0.25) is 25.0 Å². The number of anilines is 1. The van der Waals surface area contributed by atoms with Gasteiger partial charge in [0, 0.05) is 42.0 Å². The van der Waals surface area contributed by atoms with Crippen molar-refractivity contribution in [1.82, 2.24) is 15.5 Å². The van der Waals surface area contributed by atoms with E-state index in [-0.39, 0.29) is 22.3 Å². The van der Waals surface area contributed by atoms with E-state index >= 15 is 0 Å². The maximum atomic E-state index is 12.2. The van der Waals surface area contributed by atoms with Crippen molar-refractivity contribution in [2.24, 2.45) is 0 Å². The monoisotopic (exact) mass is 443 g/mol. The maximum absolute atomic E-state index is 12.2. The fourth-order valence-corrected chi connectivity index (χ4v) is 2.98. The van der Waals surface area contributed by atoms with Crippen molar-refractivity contribution in [2.75, 3.05) is 31.5 Å². The minimum Gasteiger partial charge on any atom is -0.351 e. The molecular weight excluding hydrogens is 418 g/mol. The summed E-state index contributed by atoms with van der Waals surface area (Å²) in [6.07, 6.45) is 0. The second-order valence-electron chi connectivity index (χ2n) is 6.58. The number of nitro benzene ring substituents is 1.